The van der Waals surface area contributed by atoms with Gasteiger partial charge in [0.15, 0.2) is 0 Å². The van der Waals surface area contributed by atoms with Crippen LogP contribution in [0.1, 0.15) is 20.3 Å². The Bertz CT molecular complexity index is 548. The number of piperazine rings is 1. The van der Waals surface area contributed by atoms with Crippen molar-refractivity contribution in [3.05, 3.63) is 24.3 Å². The number of thioether (sulfide) groups is 1. The van der Waals surface area contributed by atoms with Crippen LogP contribution in [0, 0.1) is 0 Å². The Kier molecular flexibility index (Phi) is 6.40. The number of nitrogens with zero attached hydrogens (tertiary/aromatic N) is 2. The van der Waals surface area contributed by atoms with Crippen LogP contribution in [-0.2, 0) is 4.79 Å². The number of ether oxygens (including phenoxy) is 1. The van der Waals surface area contributed by atoms with E-state index >= 15 is 0 Å². The third-order valence-electron chi connectivity index (χ3n) is 4.55. The molecule has 0 unspecified atom stereocenters. The molecule has 1 aromatic rings. The van der Waals surface area contributed by atoms with E-state index in [2.05, 4.69) is 30.9 Å². The van der Waals surface area contributed by atoms with E-state index in [4.69, 9.17) is 10.5 Å². The van der Waals surface area contributed by atoms with Gasteiger partial charge in [0.2, 0.25) is 5.91 Å². The number of anilines is 1. The van der Waals surface area contributed by atoms with E-state index in [1.165, 1.54) is 0 Å². The SMILES string of the molecule is COc1ccc(N2CCN(C(=O)[C@@H](N)CCSC)CC2(C)C)cc1. The maximum atomic E-state index is 12.6. The van der Waals surface area contributed by atoms with E-state index in [0.717, 1.165) is 30.2 Å². The second kappa shape index (κ2) is 8.12. The molecule has 5 nitrogen and oxygen atoms in total. The van der Waals surface area contributed by atoms with Crippen LogP contribution in [0.25, 0.3) is 0 Å². The topological polar surface area (TPSA) is 58.8 Å². The summed E-state index contributed by atoms with van der Waals surface area (Å²) in [6.07, 6.45) is 2.77. The number of rotatable bonds is 6. The van der Waals surface area contributed by atoms with Crippen LogP contribution in [0.5, 0.6) is 5.75 Å². The Morgan fingerprint density at radius 1 is 1.33 bits per heavy atom. The van der Waals surface area contributed by atoms with Crippen molar-refractivity contribution in [2.75, 3.05) is 43.7 Å². The average molecular weight is 352 g/mol. The minimum Gasteiger partial charge on any atom is -0.497 e. The Balaban J connectivity index is 2.04. The van der Waals surface area contributed by atoms with Crippen LogP contribution in [0.2, 0.25) is 0 Å². The van der Waals surface area contributed by atoms with Crippen LogP contribution in [0.3, 0.4) is 0 Å². The summed E-state index contributed by atoms with van der Waals surface area (Å²) < 4.78 is 5.23. The van der Waals surface area contributed by atoms with Crippen molar-refractivity contribution >= 4 is 23.4 Å². The van der Waals surface area contributed by atoms with E-state index in [-0.39, 0.29) is 17.5 Å². The normalized spacial score (nSPS) is 18.4. The van der Waals surface area contributed by atoms with Crippen molar-refractivity contribution in [2.45, 2.75) is 31.8 Å². The van der Waals surface area contributed by atoms with Crippen LogP contribution in [0.15, 0.2) is 24.3 Å². The molecule has 1 amide bonds. The molecular formula is C18H29N3O2S. The second-order valence-electron chi connectivity index (χ2n) is 6.81. The quantitative estimate of drug-likeness (QED) is 0.851. The predicted octanol–water partition coefficient (Wildman–Crippen LogP) is 2.20. The molecule has 1 aliphatic rings. The van der Waals surface area contributed by atoms with Gasteiger partial charge in [-0.15, -0.1) is 0 Å². The number of amides is 1. The lowest BCUT2D eigenvalue weighted by Gasteiger charge is -2.49. The first-order valence-corrected chi connectivity index (χ1v) is 9.73. The smallest absolute Gasteiger partial charge is 0.239 e. The van der Waals surface area contributed by atoms with Crippen LogP contribution < -0.4 is 15.4 Å². The lowest BCUT2D eigenvalue weighted by molar-refractivity contribution is -0.134. The number of carbonyl (C=O) groups excluding carboxylic acids is 1. The Morgan fingerprint density at radius 3 is 2.54 bits per heavy atom. The number of hydrogen-bond donors (Lipinski definition) is 1. The fraction of sp³-hybridized carbons (Fsp3) is 0.611. The molecule has 2 rings (SSSR count). The Hall–Kier alpha value is -1.40. The average Bonchev–Trinajstić information content (AvgIpc) is 2.58. The van der Waals surface area contributed by atoms with Gasteiger partial charge < -0.3 is 20.3 Å². The maximum Gasteiger partial charge on any atom is 0.239 e. The molecular weight excluding hydrogens is 322 g/mol. The lowest BCUT2D eigenvalue weighted by Crippen LogP contribution is -2.62. The molecule has 0 saturated carbocycles. The number of benzene rings is 1. The van der Waals surface area contributed by atoms with Crippen LogP contribution >= 0.6 is 11.8 Å². The van der Waals surface area contributed by atoms with Crippen molar-refractivity contribution in [1.29, 1.82) is 0 Å². The first-order chi connectivity index (χ1) is 11.4. The fourth-order valence-electron chi connectivity index (χ4n) is 3.19. The standard InChI is InChI=1S/C18H29N3O2S/c1-18(2)13-20(17(22)16(19)9-12-24-4)10-11-21(18)14-5-7-15(23-3)8-6-14/h5-8,16H,9-13,19H2,1-4H3/t16-/m0/s1. The van der Waals surface area contributed by atoms with Gasteiger partial charge in [-0.1, -0.05) is 0 Å². The highest BCUT2D eigenvalue weighted by molar-refractivity contribution is 7.98. The van der Waals surface area contributed by atoms with Crippen molar-refractivity contribution in [1.82, 2.24) is 4.90 Å². The van der Waals surface area contributed by atoms with Gasteiger partial charge in [0.1, 0.15) is 5.75 Å². The number of nitrogens with two attached hydrogens (primary N) is 1. The molecule has 1 atom stereocenters. The van der Waals surface area contributed by atoms with Crippen molar-refractivity contribution < 1.29 is 9.53 Å². The molecule has 1 heterocycles. The Morgan fingerprint density at radius 2 is 2.00 bits per heavy atom. The molecule has 0 bridgehead atoms. The van der Waals surface area contributed by atoms with Gasteiger partial charge in [-0.2, -0.15) is 11.8 Å². The Labute approximate surface area is 149 Å². The van der Waals surface area contributed by atoms with Gasteiger partial charge in [-0.3, -0.25) is 4.79 Å². The first-order valence-electron chi connectivity index (χ1n) is 8.34. The monoisotopic (exact) mass is 351 g/mol. The molecule has 0 aliphatic carbocycles. The summed E-state index contributed by atoms with van der Waals surface area (Å²) in [5.74, 6) is 1.85. The van der Waals surface area contributed by atoms with Gasteiger partial charge in [-0.05, 0) is 56.5 Å². The summed E-state index contributed by atoms with van der Waals surface area (Å²) in [7, 11) is 1.67. The first kappa shape index (κ1) is 18.9. The molecule has 1 saturated heterocycles. The van der Waals surface area contributed by atoms with Crippen molar-refractivity contribution in [3.8, 4) is 5.75 Å². The molecule has 0 spiro atoms. The van der Waals surface area contributed by atoms with E-state index in [9.17, 15) is 4.79 Å². The highest BCUT2D eigenvalue weighted by Gasteiger charge is 2.36. The molecule has 24 heavy (non-hydrogen) atoms. The van der Waals surface area contributed by atoms with E-state index in [0.29, 0.717) is 13.1 Å². The van der Waals surface area contributed by atoms with Gasteiger partial charge >= 0.3 is 0 Å². The van der Waals surface area contributed by atoms with Gasteiger partial charge in [0.05, 0.1) is 18.7 Å². The summed E-state index contributed by atoms with van der Waals surface area (Å²) in [6.45, 7) is 6.54. The third kappa shape index (κ3) is 4.36. The molecule has 134 valence electrons. The number of hydrogen-bond acceptors (Lipinski definition) is 5. The second-order valence-corrected chi connectivity index (χ2v) is 7.80. The summed E-state index contributed by atoms with van der Waals surface area (Å²) in [6, 6.07) is 7.70. The van der Waals surface area contributed by atoms with E-state index in [1.54, 1.807) is 18.9 Å². The fourth-order valence-corrected chi connectivity index (χ4v) is 3.68. The van der Waals surface area contributed by atoms with Crippen molar-refractivity contribution in [3.63, 3.8) is 0 Å². The summed E-state index contributed by atoms with van der Waals surface area (Å²) in [5.41, 5.74) is 7.08. The van der Waals surface area contributed by atoms with Gasteiger partial charge in [0, 0.05) is 25.3 Å². The van der Waals surface area contributed by atoms with E-state index in [1.807, 2.05) is 23.3 Å². The zero-order chi connectivity index (χ0) is 17.7. The number of methoxy groups -OCH3 is 1. The van der Waals surface area contributed by atoms with Crippen LogP contribution in [0.4, 0.5) is 5.69 Å². The molecule has 1 aliphatic heterocycles. The minimum absolute atomic E-state index is 0.0755. The zero-order valence-electron chi connectivity index (χ0n) is 15.1. The minimum atomic E-state index is -0.388. The van der Waals surface area contributed by atoms with Gasteiger partial charge in [0.25, 0.3) is 0 Å². The van der Waals surface area contributed by atoms with E-state index < -0.39 is 0 Å². The molecule has 0 radical (unpaired) electrons. The highest BCUT2D eigenvalue weighted by atomic mass is 32.2. The lowest BCUT2D eigenvalue weighted by atomic mass is 9.97. The summed E-state index contributed by atoms with van der Waals surface area (Å²) in [5, 5.41) is 0. The zero-order valence-corrected chi connectivity index (χ0v) is 15.9. The van der Waals surface area contributed by atoms with Gasteiger partial charge in [-0.25, -0.2) is 0 Å². The molecule has 6 heteroatoms. The molecule has 1 fully saturated rings. The largest absolute Gasteiger partial charge is 0.497 e. The highest BCUT2D eigenvalue weighted by Crippen LogP contribution is 2.29. The van der Waals surface area contributed by atoms with Crippen LogP contribution in [-0.4, -0.2) is 61.1 Å². The molecule has 0 aromatic heterocycles. The maximum absolute atomic E-state index is 12.6. The summed E-state index contributed by atoms with van der Waals surface area (Å²) >= 11 is 1.73. The third-order valence-corrected chi connectivity index (χ3v) is 5.19. The number of carbonyl (C=O) groups is 1. The summed E-state index contributed by atoms with van der Waals surface area (Å²) in [4.78, 5) is 16.8. The predicted molar refractivity (Wildman–Crippen MR) is 102 cm³/mol. The molecule has 2 N–H and O–H groups in total. The molecule has 1 aromatic carbocycles. The van der Waals surface area contributed by atoms with Crippen molar-refractivity contribution in [2.24, 2.45) is 5.73 Å².